The van der Waals surface area contributed by atoms with Crippen LogP contribution in [-0.2, 0) is 0 Å². The first-order valence-corrected chi connectivity index (χ1v) is 3.64. The number of nitrogens with zero attached hydrogens (tertiary/aromatic N) is 2. The van der Waals surface area contributed by atoms with Crippen molar-refractivity contribution in [1.29, 1.82) is 5.26 Å². The molecule has 0 aliphatic carbocycles. The lowest BCUT2D eigenvalue weighted by molar-refractivity contribution is 1.36. The molecule has 0 aliphatic heterocycles. The van der Waals surface area contributed by atoms with Gasteiger partial charge in [0.15, 0.2) is 0 Å². The molecule has 1 aromatic carbocycles. The molecule has 2 nitrogen and oxygen atoms in total. The summed E-state index contributed by atoms with van der Waals surface area (Å²) in [4.78, 5) is 3.97. The monoisotopic (exact) mass is 154 g/mol. The Morgan fingerprint density at radius 2 is 2.17 bits per heavy atom. The second-order valence-corrected chi connectivity index (χ2v) is 2.51. The highest BCUT2D eigenvalue weighted by Gasteiger charge is 1.97. The molecule has 0 spiro atoms. The summed E-state index contributed by atoms with van der Waals surface area (Å²) in [5.41, 5.74) is 0.681. The number of hydrogen-bond acceptors (Lipinski definition) is 2. The van der Waals surface area contributed by atoms with Crippen LogP contribution in [0.2, 0.25) is 0 Å². The van der Waals surface area contributed by atoms with Crippen molar-refractivity contribution in [2.75, 3.05) is 0 Å². The molecular weight excluding hydrogens is 148 g/mol. The third-order valence-corrected chi connectivity index (χ3v) is 1.80. The minimum Gasteiger partial charge on any atom is -0.264 e. The maximum Gasteiger partial charge on any atom is 0.0998 e. The largest absolute Gasteiger partial charge is 0.264 e. The second kappa shape index (κ2) is 2.63. The normalized spacial score (nSPS) is 9.58. The number of rotatable bonds is 0. The van der Waals surface area contributed by atoms with E-state index in [4.69, 9.17) is 5.26 Å². The maximum absolute atomic E-state index is 8.76. The van der Waals surface area contributed by atoms with Crippen molar-refractivity contribution >= 4 is 10.8 Å². The van der Waals surface area contributed by atoms with Gasteiger partial charge in [-0.15, -0.1) is 0 Å². The van der Waals surface area contributed by atoms with Gasteiger partial charge in [-0.2, -0.15) is 5.26 Å². The SMILES string of the molecule is N#Cc1cccc2ccncc12. The van der Waals surface area contributed by atoms with Crippen molar-refractivity contribution in [2.45, 2.75) is 0 Å². The molecule has 0 bridgehead atoms. The van der Waals surface area contributed by atoms with Crippen LogP contribution in [0, 0.1) is 11.3 Å². The Kier molecular flexibility index (Phi) is 1.49. The zero-order valence-electron chi connectivity index (χ0n) is 6.36. The van der Waals surface area contributed by atoms with Gasteiger partial charge in [0.25, 0.3) is 0 Å². The predicted molar refractivity (Wildman–Crippen MR) is 46.5 cm³/mol. The maximum atomic E-state index is 8.76. The van der Waals surface area contributed by atoms with E-state index in [2.05, 4.69) is 11.1 Å². The summed E-state index contributed by atoms with van der Waals surface area (Å²) >= 11 is 0. The number of benzene rings is 1. The van der Waals surface area contributed by atoms with Crippen molar-refractivity contribution in [3.63, 3.8) is 0 Å². The van der Waals surface area contributed by atoms with E-state index < -0.39 is 0 Å². The molecule has 1 aromatic heterocycles. The lowest BCUT2D eigenvalue weighted by atomic mass is 10.1. The van der Waals surface area contributed by atoms with Crippen LogP contribution in [0.3, 0.4) is 0 Å². The van der Waals surface area contributed by atoms with Gasteiger partial charge in [0, 0.05) is 17.8 Å². The highest BCUT2D eigenvalue weighted by molar-refractivity contribution is 5.86. The van der Waals surface area contributed by atoms with Crippen molar-refractivity contribution in [1.82, 2.24) is 4.98 Å². The van der Waals surface area contributed by atoms with Crippen LogP contribution >= 0.6 is 0 Å². The number of nitriles is 1. The van der Waals surface area contributed by atoms with Gasteiger partial charge in [0.1, 0.15) is 0 Å². The topological polar surface area (TPSA) is 36.7 Å². The van der Waals surface area contributed by atoms with Crippen LogP contribution < -0.4 is 0 Å². The van der Waals surface area contributed by atoms with E-state index in [1.54, 1.807) is 18.5 Å². The van der Waals surface area contributed by atoms with Gasteiger partial charge in [-0.25, -0.2) is 0 Å². The van der Waals surface area contributed by atoms with E-state index in [-0.39, 0.29) is 0 Å². The first kappa shape index (κ1) is 6.81. The van der Waals surface area contributed by atoms with Crippen LogP contribution in [0.5, 0.6) is 0 Å². The van der Waals surface area contributed by atoms with Crippen molar-refractivity contribution < 1.29 is 0 Å². The zero-order chi connectivity index (χ0) is 8.39. The number of aromatic nitrogens is 1. The smallest absolute Gasteiger partial charge is 0.0998 e. The van der Waals surface area contributed by atoms with Gasteiger partial charge in [-0.3, -0.25) is 4.98 Å². The summed E-state index contributed by atoms with van der Waals surface area (Å²) in [6.07, 6.45) is 3.44. The first-order chi connectivity index (χ1) is 5.92. The van der Waals surface area contributed by atoms with E-state index in [1.807, 2.05) is 18.2 Å². The summed E-state index contributed by atoms with van der Waals surface area (Å²) in [5.74, 6) is 0. The van der Waals surface area contributed by atoms with E-state index in [0.717, 1.165) is 10.8 Å². The van der Waals surface area contributed by atoms with Gasteiger partial charge in [-0.05, 0) is 17.5 Å². The quantitative estimate of drug-likeness (QED) is 0.582. The number of fused-ring (bicyclic) bond motifs is 1. The molecule has 12 heavy (non-hydrogen) atoms. The van der Waals surface area contributed by atoms with Crippen LogP contribution in [0.4, 0.5) is 0 Å². The van der Waals surface area contributed by atoms with Crippen LogP contribution in [0.25, 0.3) is 10.8 Å². The molecule has 0 N–H and O–H groups in total. The summed E-state index contributed by atoms with van der Waals surface area (Å²) in [5, 5.41) is 10.7. The lowest BCUT2D eigenvalue weighted by Gasteiger charge is -1.96. The fourth-order valence-electron chi connectivity index (χ4n) is 1.21. The number of pyridine rings is 1. The summed E-state index contributed by atoms with van der Waals surface area (Å²) in [6.45, 7) is 0. The highest BCUT2D eigenvalue weighted by Crippen LogP contribution is 2.15. The Balaban J connectivity index is 2.91. The molecule has 0 saturated heterocycles. The first-order valence-electron chi connectivity index (χ1n) is 3.64. The van der Waals surface area contributed by atoms with E-state index >= 15 is 0 Å². The second-order valence-electron chi connectivity index (χ2n) is 2.51. The number of hydrogen-bond donors (Lipinski definition) is 0. The highest BCUT2D eigenvalue weighted by atomic mass is 14.6. The molecule has 1 heterocycles. The standard InChI is InChI=1S/C10H6N2/c11-6-9-3-1-2-8-4-5-12-7-10(8)9/h1-5,7H. The Hall–Kier alpha value is -1.88. The summed E-state index contributed by atoms with van der Waals surface area (Å²) in [6, 6.07) is 9.67. The average Bonchev–Trinajstić information content (AvgIpc) is 2.17. The third kappa shape index (κ3) is 0.923. The molecule has 0 atom stereocenters. The minimum atomic E-state index is 0.681. The fourth-order valence-corrected chi connectivity index (χ4v) is 1.21. The lowest BCUT2D eigenvalue weighted by Crippen LogP contribution is -1.79. The Morgan fingerprint density at radius 3 is 3.00 bits per heavy atom. The Morgan fingerprint density at radius 1 is 1.25 bits per heavy atom. The molecule has 0 saturated carbocycles. The van der Waals surface area contributed by atoms with E-state index in [9.17, 15) is 0 Å². The summed E-state index contributed by atoms with van der Waals surface area (Å²) < 4.78 is 0. The summed E-state index contributed by atoms with van der Waals surface area (Å²) in [7, 11) is 0. The predicted octanol–water partition coefficient (Wildman–Crippen LogP) is 2.11. The van der Waals surface area contributed by atoms with Crippen LogP contribution in [0.15, 0.2) is 36.7 Å². The van der Waals surface area contributed by atoms with Crippen LogP contribution in [-0.4, -0.2) is 4.98 Å². The zero-order valence-corrected chi connectivity index (χ0v) is 6.36. The molecule has 0 unspecified atom stereocenters. The molecule has 2 rings (SSSR count). The molecular formula is C10H6N2. The van der Waals surface area contributed by atoms with Crippen molar-refractivity contribution in [2.24, 2.45) is 0 Å². The van der Waals surface area contributed by atoms with Gasteiger partial charge in [0.2, 0.25) is 0 Å². The molecule has 0 amide bonds. The van der Waals surface area contributed by atoms with Gasteiger partial charge < -0.3 is 0 Å². The minimum absolute atomic E-state index is 0.681. The van der Waals surface area contributed by atoms with Crippen LogP contribution in [0.1, 0.15) is 5.56 Å². The Labute approximate surface area is 70.1 Å². The average molecular weight is 154 g/mol. The Bertz CT molecular complexity index is 449. The molecule has 2 heteroatoms. The van der Waals surface area contributed by atoms with E-state index in [0.29, 0.717) is 5.56 Å². The molecule has 0 aliphatic rings. The van der Waals surface area contributed by atoms with Crippen molar-refractivity contribution in [3.05, 3.63) is 42.2 Å². The van der Waals surface area contributed by atoms with Gasteiger partial charge in [-0.1, -0.05) is 12.1 Å². The molecule has 0 fully saturated rings. The van der Waals surface area contributed by atoms with Crippen molar-refractivity contribution in [3.8, 4) is 6.07 Å². The van der Waals surface area contributed by atoms with E-state index in [1.165, 1.54) is 0 Å². The fraction of sp³-hybridized carbons (Fsp3) is 0. The van der Waals surface area contributed by atoms with Gasteiger partial charge in [0.05, 0.1) is 11.6 Å². The third-order valence-electron chi connectivity index (χ3n) is 1.80. The molecule has 0 radical (unpaired) electrons. The molecule has 56 valence electrons. The van der Waals surface area contributed by atoms with Gasteiger partial charge >= 0.3 is 0 Å². The molecule has 2 aromatic rings.